The van der Waals surface area contributed by atoms with E-state index >= 15 is 0 Å². The van der Waals surface area contributed by atoms with E-state index < -0.39 is 23.6 Å². The molecule has 0 spiro atoms. The zero-order chi connectivity index (χ0) is 11.7. The van der Waals surface area contributed by atoms with E-state index in [2.05, 4.69) is 4.98 Å². The van der Waals surface area contributed by atoms with Crippen LogP contribution in [0.2, 0.25) is 0 Å². The predicted octanol–water partition coefficient (Wildman–Crippen LogP) is -0.278. The first-order chi connectivity index (χ1) is 7.61. The Balaban J connectivity index is 2.35. The van der Waals surface area contributed by atoms with Crippen molar-refractivity contribution in [2.75, 3.05) is 0 Å². The maximum Gasteiger partial charge on any atom is 0.330 e. The zero-order valence-electron chi connectivity index (χ0n) is 8.80. The van der Waals surface area contributed by atoms with Crippen molar-refractivity contribution in [3.63, 3.8) is 0 Å². The van der Waals surface area contributed by atoms with Crippen LogP contribution in [-0.2, 0) is 9.53 Å². The van der Waals surface area contributed by atoms with E-state index in [0.29, 0.717) is 18.4 Å². The van der Waals surface area contributed by atoms with Gasteiger partial charge in [0.05, 0.1) is 0 Å². The fourth-order valence-corrected chi connectivity index (χ4v) is 1.75. The minimum Gasteiger partial charge on any atom is -0.347 e. The lowest BCUT2D eigenvalue weighted by atomic mass is 10.2. The highest BCUT2D eigenvalue weighted by molar-refractivity contribution is 5.56. The molecule has 2 rings (SSSR count). The number of hydrogen-bond donors (Lipinski definition) is 1. The molecule has 1 N–H and O–H groups in total. The number of aromatic nitrogens is 2. The Labute approximate surface area is 90.9 Å². The zero-order valence-corrected chi connectivity index (χ0v) is 8.80. The molecule has 0 aromatic carbocycles. The molecule has 0 amide bonds. The van der Waals surface area contributed by atoms with Gasteiger partial charge in [-0.05, 0) is 19.8 Å². The van der Waals surface area contributed by atoms with Crippen LogP contribution in [0.15, 0.2) is 15.8 Å². The molecule has 86 valence electrons. The third-order valence-corrected chi connectivity index (χ3v) is 2.64. The second kappa shape index (κ2) is 4.05. The Morgan fingerprint density at radius 3 is 2.88 bits per heavy atom. The number of aldehydes is 1. The summed E-state index contributed by atoms with van der Waals surface area (Å²) in [6.07, 6.45) is 2.46. The summed E-state index contributed by atoms with van der Waals surface area (Å²) >= 11 is 0. The van der Waals surface area contributed by atoms with Gasteiger partial charge in [0.2, 0.25) is 0 Å². The van der Waals surface area contributed by atoms with E-state index in [1.54, 1.807) is 6.92 Å². The van der Waals surface area contributed by atoms with Crippen LogP contribution in [0.25, 0.3) is 0 Å². The number of aryl methyl sites for hydroxylation is 1. The number of hydrogen-bond acceptors (Lipinski definition) is 4. The minimum absolute atomic E-state index is 0.397. The molecule has 1 aromatic heterocycles. The second-order valence-corrected chi connectivity index (χ2v) is 3.82. The average Bonchev–Trinajstić information content (AvgIpc) is 2.71. The summed E-state index contributed by atoms with van der Waals surface area (Å²) < 4.78 is 6.66. The first kappa shape index (κ1) is 10.8. The molecular formula is C10H12N2O4. The molecule has 1 aliphatic heterocycles. The van der Waals surface area contributed by atoms with Gasteiger partial charge in [-0.25, -0.2) is 4.79 Å². The van der Waals surface area contributed by atoms with Crippen LogP contribution < -0.4 is 11.2 Å². The monoisotopic (exact) mass is 224 g/mol. The standard InChI is InChI=1S/C10H12N2O4/c1-6-4-12(10(15)11-9(6)14)8-3-2-7(5-13)16-8/h4-5,7-8H,2-3H2,1H3,(H,11,14,15). The highest BCUT2D eigenvalue weighted by Crippen LogP contribution is 2.25. The summed E-state index contributed by atoms with van der Waals surface area (Å²) in [7, 11) is 0. The van der Waals surface area contributed by atoms with Crippen LogP contribution in [0.1, 0.15) is 24.6 Å². The van der Waals surface area contributed by atoms with E-state index in [0.717, 1.165) is 6.29 Å². The van der Waals surface area contributed by atoms with E-state index in [4.69, 9.17) is 4.74 Å². The molecule has 0 radical (unpaired) electrons. The lowest BCUT2D eigenvalue weighted by molar-refractivity contribution is -0.119. The van der Waals surface area contributed by atoms with Gasteiger partial charge in [0.15, 0.2) is 0 Å². The van der Waals surface area contributed by atoms with Crippen LogP contribution in [0.4, 0.5) is 0 Å². The second-order valence-electron chi connectivity index (χ2n) is 3.82. The number of carbonyl (C=O) groups excluding carboxylic acids is 1. The summed E-state index contributed by atoms with van der Waals surface area (Å²) in [6, 6.07) is 0. The maximum absolute atomic E-state index is 11.5. The summed E-state index contributed by atoms with van der Waals surface area (Å²) in [5, 5.41) is 0. The fraction of sp³-hybridized carbons (Fsp3) is 0.500. The van der Waals surface area contributed by atoms with Gasteiger partial charge in [-0.1, -0.05) is 0 Å². The first-order valence-electron chi connectivity index (χ1n) is 5.04. The van der Waals surface area contributed by atoms with Gasteiger partial charge >= 0.3 is 5.69 Å². The van der Waals surface area contributed by atoms with Gasteiger partial charge in [0, 0.05) is 11.8 Å². The molecule has 0 bridgehead atoms. The van der Waals surface area contributed by atoms with Gasteiger partial charge in [0.25, 0.3) is 5.56 Å². The predicted molar refractivity (Wildman–Crippen MR) is 55.3 cm³/mol. The molecule has 16 heavy (non-hydrogen) atoms. The number of aromatic amines is 1. The van der Waals surface area contributed by atoms with E-state index in [1.807, 2.05) is 0 Å². The van der Waals surface area contributed by atoms with Crippen LogP contribution in [-0.4, -0.2) is 21.9 Å². The quantitative estimate of drug-likeness (QED) is 0.700. The molecule has 2 heterocycles. The summed E-state index contributed by atoms with van der Waals surface area (Å²) in [5.74, 6) is 0. The molecule has 1 aliphatic rings. The molecular weight excluding hydrogens is 212 g/mol. The van der Waals surface area contributed by atoms with Crippen molar-refractivity contribution in [1.29, 1.82) is 0 Å². The molecule has 0 aliphatic carbocycles. The largest absolute Gasteiger partial charge is 0.347 e. The van der Waals surface area contributed by atoms with Crippen molar-refractivity contribution >= 4 is 6.29 Å². The van der Waals surface area contributed by atoms with Crippen molar-refractivity contribution in [3.05, 3.63) is 32.6 Å². The van der Waals surface area contributed by atoms with Crippen molar-refractivity contribution in [3.8, 4) is 0 Å². The molecule has 1 saturated heterocycles. The van der Waals surface area contributed by atoms with Crippen molar-refractivity contribution in [2.45, 2.75) is 32.1 Å². The smallest absolute Gasteiger partial charge is 0.330 e. The minimum atomic E-state index is -0.507. The number of nitrogens with zero attached hydrogens (tertiary/aromatic N) is 1. The topological polar surface area (TPSA) is 81.2 Å². The van der Waals surface area contributed by atoms with Crippen LogP contribution >= 0.6 is 0 Å². The van der Waals surface area contributed by atoms with Crippen LogP contribution in [0.3, 0.4) is 0 Å². The number of ether oxygens (including phenoxy) is 1. The Hall–Kier alpha value is -1.69. The van der Waals surface area contributed by atoms with Crippen molar-refractivity contribution in [2.24, 2.45) is 0 Å². The number of carbonyl (C=O) groups is 1. The Bertz CT molecular complexity index is 516. The Morgan fingerprint density at radius 1 is 1.50 bits per heavy atom. The van der Waals surface area contributed by atoms with Crippen LogP contribution in [0.5, 0.6) is 0 Å². The highest BCUT2D eigenvalue weighted by Gasteiger charge is 2.26. The van der Waals surface area contributed by atoms with Crippen LogP contribution in [0, 0.1) is 6.92 Å². The SMILES string of the molecule is Cc1cn(C2CCC(C=O)O2)c(=O)[nH]c1=O. The van der Waals surface area contributed by atoms with Gasteiger partial charge in [-0.2, -0.15) is 0 Å². The van der Waals surface area contributed by atoms with Gasteiger partial charge in [0.1, 0.15) is 18.6 Å². The molecule has 2 atom stereocenters. The highest BCUT2D eigenvalue weighted by atomic mass is 16.5. The van der Waals surface area contributed by atoms with E-state index in [1.165, 1.54) is 10.8 Å². The summed E-state index contributed by atoms with van der Waals surface area (Å²) in [6.45, 7) is 1.61. The molecule has 2 unspecified atom stereocenters. The van der Waals surface area contributed by atoms with E-state index in [9.17, 15) is 14.4 Å². The number of H-pyrrole nitrogens is 1. The van der Waals surface area contributed by atoms with Gasteiger partial charge in [-0.15, -0.1) is 0 Å². The molecule has 1 fully saturated rings. The third kappa shape index (κ3) is 1.83. The average molecular weight is 224 g/mol. The maximum atomic E-state index is 11.5. The number of rotatable bonds is 2. The summed E-state index contributed by atoms with van der Waals surface area (Å²) in [4.78, 5) is 35.4. The normalized spacial score (nSPS) is 24.6. The number of nitrogens with one attached hydrogen (secondary N) is 1. The third-order valence-electron chi connectivity index (χ3n) is 2.64. The lowest BCUT2D eigenvalue weighted by Crippen LogP contribution is -2.33. The van der Waals surface area contributed by atoms with Gasteiger partial charge < -0.3 is 9.53 Å². The molecule has 6 nitrogen and oxygen atoms in total. The Kier molecular flexibility index (Phi) is 2.74. The van der Waals surface area contributed by atoms with Gasteiger partial charge in [-0.3, -0.25) is 14.3 Å². The Morgan fingerprint density at radius 2 is 2.25 bits per heavy atom. The molecule has 1 aromatic rings. The summed E-state index contributed by atoms with van der Waals surface area (Å²) in [5.41, 5.74) is -0.462. The van der Waals surface area contributed by atoms with Crippen molar-refractivity contribution < 1.29 is 9.53 Å². The molecule has 0 saturated carbocycles. The molecule has 6 heteroatoms. The lowest BCUT2D eigenvalue weighted by Gasteiger charge is -2.13. The first-order valence-corrected chi connectivity index (χ1v) is 5.04. The van der Waals surface area contributed by atoms with E-state index in [-0.39, 0.29) is 0 Å². The van der Waals surface area contributed by atoms with Crippen molar-refractivity contribution in [1.82, 2.24) is 9.55 Å². The fourth-order valence-electron chi connectivity index (χ4n) is 1.75.